The molecule has 2 saturated heterocycles. The van der Waals surface area contributed by atoms with Gasteiger partial charge in [-0.2, -0.15) is 0 Å². The molecule has 9 nitrogen and oxygen atoms in total. The minimum Gasteiger partial charge on any atom is -0.486 e. The lowest BCUT2D eigenvalue weighted by atomic mass is 10.2. The third-order valence-corrected chi connectivity index (χ3v) is 5.65. The second kappa shape index (κ2) is 10.1. The van der Waals surface area contributed by atoms with Crippen LogP contribution in [0.3, 0.4) is 0 Å². The van der Waals surface area contributed by atoms with E-state index in [0.29, 0.717) is 58.3 Å². The highest BCUT2D eigenvalue weighted by Gasteiger charge is 2.25. The van der Waals surface area contributed by atoms with Crippen LogP contribution in [0.15, 0.2) is 24.3 Å². The first-order chi connectivity index (χ1) is 14.7. The number of hydrogen-bond donors (Lipinski definition) is 1. The number of nitrogens with one attached hydrogen (secondary N) is 1. The molecule has 2 fully saturated rings. The highest BCUT2D eigenvalue weighted by atomic mass is 16.6. The van der Waals surface area contributed by atoms with E-state index in [-0.39, 0.29) is 17.9 Å². The second-order valence-electron chi connectivity index (χ2n) is 7.85. The quantitative estimate of drug-likeness (QED) is 0.662. The number of nitrogens with zero attached hydrogens (tertiary/aromatic N) is 3. The smallest absolute Gasteiger partial charge is 0.236 e. The summed E-state index contributed by atoms with van der Waals surface area (Å²) in [6, 6.07) is 7.55. The number of piperazine rings is 1. The molecule has 1 aromatic carbocycles. The molecule has 1 N–H and O–H groups in total. The fourth-order valence-electron chi connectivity index (χ4n) is 3.86. The number of morpholine rings is 1. The van der Waals surface area contributed by atoms with Crippen LogP contribution in [0.1, 0.15) is 0 Å². The van der Waals surface area contributed by atoms with E-state index in [4.69, 9.17) is 14.2 Å². The lowest BCUT2D eigenvalue weighted by molar-refractivity contribution is -0.137. The molecule has 0 aliphatic carbocycles. The Morgan fingerprint density at radius 1 is 0.933 bits per heavy atom. The molecule has 1 aromatic rings. The van der Waals surface area contributed by atoms with Gasteiger partial charge in [0.1, 0.15) is 12.7 Å². The zero-order chi connectivity index (χ0) is 20.8. The second-order valence-corrected chi connectivity index (χ2v) is 7.85. The molecule has 0 bridgehead atoms. The van der Waals surface area contributed by atoms with Gasteiger partial charge >= 0.3 is 0 Å². The predicted molar refractivity (Wildman–Crippen MR) is 110 cm³/mol. The maximum absolute atomic E-state index is 12.4. The summed E-state index contributed by atoms with van der Waals surface area (Å²) >= 11 is 0. The molecule has 0 spiro atoms. The monoisotopic (exact) mass is 418 g/mol. The number of carbonyl (C=O) groups is 2. The van der Waals surface area contributed by atoms with Crippen molar-refractivity contribution in [2.75, 3.05) is 78.7 Å². The molecular weight excluding hydrogens is 388 g/mol. The number of rotatable bonds is 6. The van der Waals surface area contributed by atoms with Gasteiger partial charge in [-0.15, -0.1) is 0 Å². The molecule has 3 heterocycles. The molecule has 3 aliphatic rings. The molecule has 30 heavy (non-hydrogen) atoms. The fourth-order valence-corrected chi connectivity index (χ4v) is 3.86. The van der Waals surface area contributed by atoms with Gasteiger partial charge in [0, 0.05) is 39.3 Å². The topological polar surface area (TPSA) is 83.6 Å². The molecule has 1 atom stereocenters. The van der Waals surface area contributed by atoms with Crippen molar-refractivity contribution in [1.82, 2.24) is 20.0 Å². The maximum atomic E-state index is 12.4. The molecule has 0 aromatic heterocycles. The highest BCUT2D eigenvalue weighted by molar-refractivity contribution is 5.78. The Hall–Kier alpha value is -2.36. The number of fused-ring (bicyclic) bond motifs is 1. The van der Waals surface area contributed by atoms with E-state index < -0.39 is 0 Å². The molecule has 2 amide bonds. The van der Waals surface area contributed by atoms with Crippen LogP contribution in [0.5, 0.6) is 11.5 Å². The van der Waals surface area contributed by atoms with Crippen molar-refractivity contribution in [1.29, 1.82) is 0 Å². The summed E-state index contributed by atoms with van der Waals surface area (Å²) in [7, 11) is 0. The van der Waals surface area contributed by atoms with Gasteiger partial charge < -0.3 is 24.4 Å². The Kier molecular flexibility index (Phi) is 7.03. The van der Waals surface area contributed by atoms with Gasteiger partial charge in [0.2, 0.25) is 11.8 Å². The Morgan fingerprint density at radius 3 is 2.33 bits per heavy atom. The molecule has 1 unspecified atom stereocenters. The molecule has 0 radical (unpaired) electrons. The summed E-state index contributed by atoms with van der Waals surface area (Å²) in [6.45, 7) is 7.39. The van der Waals surface area contributed by atoms with Gasteiger partial charge in [0.25, 0.3) is 0 Å². The van der Waals surface area contributed by atoms with Crippen LogP contribution in [-0.2, 0) is 14.3 Å². The number of amides is 2. The summed E-state index contributed by atoms with van der Waals surface area (Å²) in [6.07, 6.45) is -0.188. The molecule has 4 rings (SSSR count). The zero-order valence-electron chi connectivity index (χ0n) is 17.3. The summed E-state index contributed by atoms with van der Waals surface area (Å²) in [5.74, 6) is 1.60. The van der Waals surface area contributed by atoms with Crippen molar-refractivity contribution in [2.45, 2.75) is 6.10 Å². The van der Waals surface area contributed by atoms with Crippen LogP contribution in [0, 0.1) is 0 Å². The SMILES string of the molecule is O=C(CN1CCN(CC(=O)N2CCOCC2)CC1)NCC1COc2ccccc2O1. The third kappa shape index (κ3) is 5.62. The van der Waals surface area contributed by atoms with Gasteiger partial charge in [-0.3, -0.25) is 19.4 Å². The van der Waals surface area contributed by atoms with Crippen LogP contribution >= 0.6 is 0 Å². The Morgan fingerprint density at radius 2 is 1.60 bits per heavy atom. The van der Waals surface area contributed by atoms with Crippen molar-refractivity contribution in [2.24, 2.45) is 0 Å². The largest absolute Gasteiger partial charge is 0.486 e. The van der Waals surface area contributed by atoms with E-state index in [0.717, 1.165) is 31.9 Å². The number of para-hydroxylation sites is 2. The summed E-state index contributed by atoms with van der Waals surface area (Å²) in [5.41, 5.74) is 0. The maximum Gasteiger partial charge on any atom is 0.236 e. The van der Waals surface area contributed by atoms with Crippen LogP contribution in [0.4, 0.5) is 0 Å². The van der Waals surface area contributed by atoms with Crippen molar-refractivity contribution in [3.8, 4) is 11.5 Å². The first kappa shape index (κ1) is 20.9. The summed E-state index contributed by atoms with van der Waals surface area (Å²) in [4.78, 5) is 30.9. The lowest BCUT2D eigenvalue weighted by Gasteiger charge is -2.35. The van der Waals surface area contributed by atoms with Crippen molar-refractivity contribution in [3.05, 3.63) is 24.3 Å². The lowest BCUT2D eigenvalue weighted by Crippen LogP contribution is -2.53. The zero-order valence-corrected chi connectivity index (χ0v) is 17.3. The van der Waals surface area contributed by atoms with Gasteiger partial charge in [0.05, 0.1) is 32.8 Å². The third-order valence-electron chi connectivity index (χ3n) is 5.65. The summed E-state index contributed by atoms with van der Waals surface area (Å²) in [5, 5.41) is 2.95. The number of ether oxygens (including phenoxy) is 3. The minimum absolute atomic E-state index is 0.0182. The van der Waals surface area contributed by atoms with E-state index in [1.165, 1.54) is 0 Å². The molecule has 164 valence electrons. The van der Waals surface area contributed by atoms with Crippen LogP contribution in [-0.4, -0.2) is 111 Å². The number of benzene rings is 1. The molecule has 9 heteroatoms. The average Bonchev–Trinajstić information content (AvgIpc) is 2.79. The molecule has 0 saturated carbocycles. The van der Waals surface area contributed by atoms with Crippen LogP contribution in [0.2, 0.25) is 0 Å². The first-order valence-electron chi connectivity index (χ1n) is 10.6. The van der Waals surface area contributed by atoms with E-state index in [2.05, 4.69) is 15.1 Å². The van der Waals surface area contributed by atoms with Crippen molar-refractivity contribution < 1.29 is 23.8 Å². The van der Waals surface area contributed by atoms with Crippen LogP contribution < -0.4 is 14.8 Å². The standard InChI is InChI=1S/C21H30N4O5/c26-20(22-13-17-16-29-18-3-1-2-4-19(18)30-17)14-23-5-7-24(8-6-23)15-21(27)25-9-11-28-12-10-25/h1-4,17H,5-16H2,(H,22,26). The Labute approximate surface area is 176 Å². The van der Waals surface area contributed by atoms with Gasteiger partial charge in [-0.1, -0.05) is 12.1 Å². The van der Waals surface area contributed by atoms with Crippen molar-refractivity contribution in [3.63, 3.8) is 0 Å². The number of hydrogen-bond acceptors (Lipinski definition) is 7. The van der Waals surface area contributed by atoms with E-state index in [1.807, 2.05) is 29.2 Å². The van der Waals surface area contributed by atoms with Gasteiger partial charge in [0.15, 0.2) is 11.5 Å². The normalized spacial score (nSPS) is 22.5. The fraction of sp³-hybridized carbons (Fsp3) is 0.619. The highest BCUT2D eigenvalue weighted by Crippen LogP contribution is 2.30. The van der Waals surface area contributed by atoms with Gasteiger partial charge in [-0.25, -0.2) is 0 Å². The van der Waals surface area contributed by atoms with E-state index in [9.17, 15) is 9.59 Å². The minimum atomic E-state index is -0.188. The Bertz CT molecular complexity index is 732. The molecular formula is C21H30N4O5. The first-order valence-corrected chi connectivity index (χ1v) is 10.6. The average molecular weight is 418 g/mol. The molecule has 3 aliphatic heterocycles. The van der Waals surface area contributed by atoms with Crippen LogP contribution in [0.25, 0.3) is 0 Å². The summed E-state index contributed by atoms with van der Waals surface area (Å²) < 4.78 is 16.8. The number of carbonyl (C=O) groups excluding carboxylic acids is 2. The predicted octanol–water partition coefficient (Wildman–Crippen LogP) is -0.581. The van der Waals surface area contributed by atoms with Gasteiger partial charge in [-0.05, 0) is 12.1 Å². The van der Waals surface area contributed by atoms with E-state index in [1.54, 1.807) is 0 Å². The Balaban J connectivity index is 1.12. The van der Waals surface area contributed by atoms with E-state index >= 15 is 0 Å². The van der Waals surface area contributed by atoms with Crippen molar-refractivity contribution >= 4 is 11.8 Å².